The molecule has 19 heavy (non-hydrogen) atoms. The van der Waals surface area contributed by atoms with Crippen molar-refractivity contribution >= 4 is 21.6 Å². The minimum Gasteiger partial charge on any atom is -0.380 e. The predicted molar refractivity (Wildman–Crippen MR) is 77.3 cm³/mol. The van der Waals surface area contributed by atoms with E-state index in [1.54, 1.807) is 6.07 Å². The highest BCUT2D eigenvalue weighted by Gasteiger charge is 2.04. The maximum atomic E-state index is 13.0. The molecule has 0 amide bonds. The van der Waals surface area contributed by atoms with E-state index < -0.39 is 5.82 Å². The van der Waals surface area contributed by atoms with Crippen LogP contribution in [-0.4, -0.2) is 0 Å². The molecule has 0 unspecified atom stereocenters. The first-order valence-corrected chi connectivity index (χ1v) is 6.58. The van der Waals surface area contributed by atoms with Gasteiger partial charge in [0.2, 0.25) is 0 Å². The van der Waals surface area contributed by atoms with Gasteiger partial charge in [-0.25, -0.2) is 4.39 Å². The summed E-state index contributed by atoms with van der Waals surface area (Å²) in [5, 5.41) is 12.1. The summed E-state index contributed by atoms with van der Waals surface area (Å²) >= 11 is 3.45. The fourth-order valence-corrected chi connectivity index (χ4v) is 2.02. The van der Waals surface area contributed by atoms with Gasteiger partial charge in [-0.1, -0.05) is 28.1 Å². The third-order valence-electron chi connectivity index (χ3n) is 2.81. The minimum absolute atomic E-state index is 0.314. The third kappa shape index (κ3) is 3.33. The zero-order chi connectivity index (χ0) is 13.8. The average Bonchev–Trinajstić information content (AvgIpc) is 2.41. The van der Waals surface area contributed by atoms with Crippen molar-refractivity contribution in [3.05, 3.63) is 63.4 Å². The first kappa shape index (κ1) is 13.6. The molecule has 0 atom stereocenters. The summed E-state index contributed by atoms with van der Waals surface area (Å²) in [4.78, 5) is 0. The van der Waals surface area contributed by atoms with E-state index in [1.807, 2.05) is 25.1 Å². The Morgan fingerprint density at radius 3 is 2.74 bits per heavy atom. The van der Waals surface area contributed by atoms with Crippen molar-refractivity contribution in [1.82, 2.24) is 0 Å². The number of hydrogen-bond donors (Lipinski definition) is 1. The van der Waals surface area contributed by atoms with Gasteiger partial charge in [0.1, 0.15) is 11.9 Å². The molecule has 0 spiro atoms. The normalized spacial score (nSPS) is 10.0. The highest BCUT2D eigenvalue weighted by Crippen LogP contribution is 2.20. The Balaban J connectivity index is 2.14. The Kier molecular flexibility index (Phi) is 4.18. The summed E-state index contributed by atoms with van der Waals surface area (Å²) in [6.07, 6.45) is 0. The molecule has 0 saturated carbocycles. The van der Waals surface area contributed by atoms with Crippen LogP contribution >= 0.6 is 15.9 Å². The number of halogens is 2. The SMILES string of the molecule is Cc1cc(CNc2ccc(F)cc2C#N)ccc1Br. The number of anilines is 1. The highest BCUT2D eigenvalue weighted by molar-refractivity contribution is 9.10. The molecule has 2 rings (SSSR count). The molecule has 0 aliphatic carbocycles. The van der Waals surface area contributed by atoms with E-state index in [4.69, 9.17) is 5.26 Å². The minimum atomic E-state index is -0.401. The van der Waals surface area contributed by atoms with Crippen molar-refractivity contribution in [3.63, 3.8) is 0 Å². The maximum absolute atomic E-state index is 13.0. The van der Waals surface area contributed by atoms with E-state index in [-0.39, 0.29) is 0 Å². The van der Waals surface area contributed by atoms with Gasteiger partial charge >= 0.3 is 0 Å². The average molecular weight is 319 g/mol. The maximum Gasteiger partial charge on any atom is 0.124 e. The van der Waals surface area contributed by atoms with Gasteiger partial charge in [-0.15, -0.1) is 0 Å². The van der Waals surface area contributed by atoms with E-state index in [9.17, 15) is 4.39 Å². The second-order valence-electron chi connectivity index (χ2n) is 4.24. The van der Waals surface area contributed by atoms with Gasteiger partial charge in [-0.3, -0.25) is 0 Å². The van der Waals surface area contributed by atoms with Crippen LogP contribution in [0.3, 0.4) is 0 Å². The molecule has 2 nitrogen and oxygen atoms in total. The van der Waals surface area contributed by atoms with Crippen LogP contribution in [0.15, 0.2) is 40.9 Å². The van der Waals surface area contributed by atoms with Gasteiger partial charge in [0.15, 0.2) is 0 Å². The Bertz CT molecular complexity index is 647. The van der Waals surface area contributed by atoms with Gasteiger partial charge < -0.3 is 5.32 Å². The van der Waals surface area contributed by atoms with E-state index in [0.717, 1.165) is 15.6 Å². The molecule has 0 saturated heterocycles. The van der Waals surface area contributed by atoms with Gasteiger partial charge in [0.05, 0.1) is 11.3 Å². The standard InChI is InChI=1S/C15H12BrFN2/c1-10-6-11(2-4-14(10)16)9-19-15-5-3-13(17)7-12(15)8-18/h2-7,19H,9H2,1H3. The van der Waals surface area contributed by atoms with Crippen LogP contribution in [0.1, 0.15) is 16.7 Å². The predicted octanol–water partition coefficient (Wildman–Crippen LogP) is 4.38. The zero-order valence-electron chi connectivity index (χ0n) is 10.4. The van der Waals surface area contributed by atoms with Crippen LogP contribution in [0.25, 0.3) is 0 Å². The molecule has 4 heteroatoms. The lowest BCUT2D eigenvalue weighted by atomic mass is 10.1. The summed E-state index contributed by atoms with van der Waals surface area (Å²) in [5.41, 5.74) is 3.21. The van der Waals surface area contributed by atoms with Crippen LogP contribution in [0.5, 0.6) is 0 Å². The van der Waals surface area contributed by atoms with Crippen molar-refractivity contribution in [3.8, 4) is 6.07 Å². The Labute approximate surface area is 120 Å². The van der Waals surface area contributed by atoms with Crippen molar-refractivity contribution in [2.75, 3.05) is 5.32 Å². The quantitative estimate of drug-likeness (QED) is 0.911. The van der Waals surface area contributed by atoms with Gasteiger partial charge in [-0.2, -0.15) is 5.26 Å². The first-order valence-electron chi connectivity index (χ1n) is 5.78. The van der Waals surface area contributed by atoms with Crippen molar-refractivity contribution in [2.24, 2.45) is 0 Å². The molecule has 0 bridgehead atoms. The number of nitrogens with zero attached hydrogens (tertiary/aromatic N) is 1. The molecule has 2 aromatic rings. The van der Waals surface area contributed by atoms with Crippen LogP contribution < -0.4 is 5.32 Å². The highest BCUT2D eigenvalue weighted by atomic mass is 79.9. The summed E-state index contributed by atoms with van der Waals surface area (Å²) < 4.78 is 14.1. The largest absolute Gasteiger partial charge is 0.380 e. The Morgan fingerprint density at radius 2 is 2.05 bits per heavy atom. The molecule has 96 valence electrons. The molecule has 0 aliphatic rings. The van der Waals surface area contributed by atoms with Gasteiger partial charge in [-0.05, 0) is 42.3 Å². The molecule has 2 aromatic carbocycles. The number of hydrogen-bond acceptors (Lipinski definition) is 2. The second kappa shape index (κ2) is 5.85. The lowest BCUT2D eigenvalue weighted by Crippen LogP contribution is -2.02. The number of benzene rings is 2. The second-order valence-corrected chi connectivity index (χ2v) is 5.09. The van der Waals surface area contributed by atoms with Crippen LogP contribution in [-0.2, 0) is 6.54 Å². The van der Waals surface area contributed by atoms with Crippen molar-refractivity contribution in [1.29, 1.82) is 5.26 Å². The molecule has 0 fully saturated rings. The fourth-order valence-electron chi connectivity index (χ4n) is 1.78. The summed E-state index contributed by atoms with van der Waals surface area (Å²) in [5.74, 6) is -0.401. The molecular formula is C15H12BrFN2. The van der Waals surface area contributed by atoms with E-state index >= 15 is 0 Å². The fraction of sp³-hybridized carbons (Fsp3) is 0.133. The first-order chi connectivity index (χ1) is 9.10. The number of rotatable bonds is 3. The molecule has 0 aromatic heterocycles. The lowest BCUT2D eigenvalue weighted by molar-refractivity contribution is 0.627. The lowest BCUT2D eigenvalue weighted by Gasteiger charge is -2.09. The third-order valence-corrected chi connectivity index (χ3v) is 3.70. The number of nitriles is 1. The van der Waals surface area contributed by atoms with Crippen LogP contribution in [0.2, 0.25) is 0 Å². The molecular weight excluding hydrogens is 307 g/mol. The zero-order valence-corrected chi connectivity index (χ0v) is 12.0. The molecule has 1 N–H and O–H groups in total. The summed E-state index contributed by atoms with van der Waals surface area (Å²) in [7, 11) is 0. The molecule has 0 radical (unpaired) electrons. The monoisotopic (exact) mass is 318 g/mol. The van der Waals surface area contributed by atoms with Crippen LogP contribution in [0, 0.1) is 24.1 Å². The van der Waals surface area contributed by atoms with Crippen LogP contribution in [0.4, 0.5) is 10.1 Å². The van der Waals surface area contributed by atoms with E-state index in [2.05, 4.69) is 27.3 Å². The number of aryl methyl sites for hydroxylation is 1. The smallest absolute Gasteiger partial charge is 0.124 e. The topological polar surface area (TPSA) is 35.8 Å². The number of nitrogens with one attached hydrogen (secondary N) is 1. The molecule has 0 heterocycles. The Morgan fingerprint density at radius 1 is 1.26 bits per heavy atom. The Hall–Kier alpha value is -1.86. The van der Waals surface area contributed by atoms with Crippen molar-refractivity contribution < 1.29 is 4.39 Å². The van der Waals surface area contributed by atoms with Gasteiger partial charge in [0, 0.05) is 11.0 Å². The summed E-state index contributed by atoms with van der Waals surface area (Å²) in [6, 6.07) is 12.2. The summed E-state index contributed by atoms with van der Waals surface area (Å²) in [6.45, 7) is 2.61. The van der Waals surface area contributed by atoms with E-state index in [1.165, 1.54) is 12.1 Å². The van der Waals surface area contributed by atoms with Gasteiger partial charge in [0.25, 0.3) is 0 Å². The molecule has 0 aliphatic heterocycles. The van der Waals surface area contributed by atoms with E-state index in [0.29, 0.717) is 17.8 Å². The van der Waals surface area contributed by atoms with Crippen molar-refractivity contribution in [2.45, 2.75) is 13.5 Å².